The molecule has 14 aromatic carbocycles. The van der Waals surface area contributed by atoms with Crippen LogP contribution in [0.5, 0.6) is 0 Å². The maximum absolute atomic E-state index is 2.45. The number of para-hydroxylation sites is 4. The Kier molecular flexibility index (Phi) is 16.2. The van der Waals surface area contributed by atoms with Crippen LogP contribution in [0.2, 0.25) is 0 Å². The topological polar surface area (TPSA) is 22.8 Å². The van der Waals surface area contributed by atoms with Gasteiger partial charge in [-0.2, -0.15) is 0 Å². The monoisotopic (exact) mass is 1260 g/mol. The van der Waals surface area contributed by atoms with Crippen LogP contribution < -0.4 is 19.6 Å². The van der Waals surface area contributed by atoms with Crippen molar-refractivity contribution in [3.63, 3.8) is 0 Å². The summed E-state index contributed by atoms with van der Waals surface area (Å²) in [4.78, 5) is 9.32. The van der Waals surface area contributed by atoms with Crippen molar-refractivity contribution < 1.29 is 0 Å². The van der Waals surface area contributed by atoms with Crippen molar-refractivity contribution in [1.82, 2.24) is 9.13 Å². The quantitative estimate of drug-likeness (QED) is 0.0906. The molecule has 0 atom stereocenters. The van der Waals surface area contributed by atoms with Crippen molar-refractivity contribution in [2.45, 2.75) is 27.7 Å². The summed E-state index contributed by atoms with van der Waals surface area (Å²) in [5.74, 6) is 0. The van der Waals surface area contributed by atoms with Gasteiger partial charge in [0.25, 0.3) is 0 Å². The van der Waals surface area contributed by atoms with Crippen LogP contribution in [0.3, 0.4) is 0 Å². The van der Waals surface area contributed by atoms with Gasteiger partial charge in [-0.05, 0) is 255 Å². The number of aromatic nitrogens is 2. The Hall–Kier alpha value is -12.6. The van der Waals surface area contributed by atoms with Crippen LogP contribution in [0.1, 0.15) is 22.3 Å². The summed E-state index contributed by atoms with van der Waals surface area (Å²) < 4.78 is 4.90. The molecule has 0 saturated heterocycles. The van der Waals surface area contributed by atoms with Crippen molar-refractivity contribution in [3.8, 4) is 45.0 Å². The highest BCUT2D eigenvalue weighted by Gasteiger charge is 2.24. The maximum atomic E-state index is 2.45. The summed E-state index contributed by atoms with van der Waals surface area (Å²) in [5, 5.41) is 2.42. The first kappa shape index (κ1) is 60.3. The Balaban J connectivity index is 0.748. The second-order valence-electron chi connectivity index (χ2n) is 25.2. The van der Waals surface area contributed by atoms with E-state index < -0.39 is 0 Å². The number of nitrogens with zero attached hydrogens (tertiary/aromatic N) is 6. The Morgan fingerprint density at radius 1 is 0.194 bits per heavy atom. The Bertz CT molecular complexity index is 4980. The molecule has 2 aromatic heterocycles. The maximum Gasteiger partial charge on any atom is 0.0570 e. The molecule has 0 aliphatic heterocycles. The predicted molar refractivity (Wildman–Crippen MR) is 414 cm³/mol. The standard InChI is InChI=1S/C92H72N6/c1-65-35-41-77(42-36-65)95(81-49-45-79(46-50-81)93(73-27-15-7-16-28-73)74-29-17-8-18-30-74)83-53-57-85(58-54-83)97-89-61-39-71(63-87(89)67(3)91(97)69-23-11-5-12-24-69)72-40-62-90-88(64-72)68(4)92(70-25-13-6-14-26-70)98(90)86-59-55-84(56-60-86)96(78-43-37-66(2)38-44-78)82-51-47-80(48-52-82)94(75-31-19-9-20-32-75)76-33-21-10-22-34-76/h5-64H,1-4H3. The number of rotatable bonds is 17. The molecule has 0 amide bonds. The van der Waals surface area contributed by atoms with E-state index in [-0.39, 0.29) is 0 Å². The van der Waals surface area contributed by atoms with Crippen LogP contribution in [0.15, 0.2) is 364 Å². The van der Waals surface area contributed by atoms with E-state index in [0.717, 1.165) is 90.7 Å². The smallest absolute Gasteiger partial charge is 0.0570 e. The number of benzene rings is 14. The number of fused-ring (bicyclic) bond motifs is 2. The third-order valence-corrected chi connectivity index (χ3v) is 19.0. The van der Waals surface area contributed by atoms with E-state index in [2.05, 4.69) is 420 Å². The molecule has 0 unspecified atom stereocenters. The minimum absolute atomic E-state index is 1.06. The highest BCUT2D eigenvalue weighted by molar-refractivity contribution is 6.00. The van der Waals surface area contributed by atoms with Gasteiger partial charge in [0.05, 0.1) is 22.4 Å². The zero-order valence-electron chi connectivity index (χ0n) is 55.3. The number of hydrogen-bond donors (Lipinski definition) is 0. The van der Waals surface area contributed by atoms with Crippen molar-refractivity contribution in [2.24, 2.45) is 0 Å². The first-order chi connectivity index (χ1) is 48.3. The van der Waals surface area contributed by atoms with Crippen LogP contribution in [-0.2, 0) is 0 Å². The molecule has 6 nitrogen and oxygen atoms in total. The van der Waals surface area contributed by atoms with Gasteiger partial charge in [0.15, 0.2) is 0 Å². The Morgan fingerprint density at radius 3 is 0.663 bits per heavy atom. The molecule has 0 spiro atoms. The fourth-order valence-corrected chi connectivity index (χ4v) is 14.2. The van der Waals surface area contributed by atoms with E-state index in [1.54, 1.807) is 0 Å². The summed E-state index contributed by atoms with van der Waals surface area (Å²) in [7, 11) is 0. The minimum Gasteiger partial charge on any atom is -0.311 e. The Morgan fingerprint density at radius 2 is 0.408 bits per heavy atom. The first-order valence-corrected chi connectivity index (χ1v) is 33.6. The van der Waals surface area contributed by atoms with Crippen LogP contribution >= 0.6 is 0 Å². The van der Waals surface area contributed by atoms with Crippen LogP contribution in [0.4, 0.5) is 68.2 Å². The lowest BCUT2D eigenvalue weighted by Crippen LogP contribution is -2.12. The Labute approximate surface area is 574 Å². The van der Waals surface area contributed by atoms with Gasteiger partial charge in [0, 0.05) is 90.4 Å². The lowest BCUT2D eigenvalue weighted by atomic mass is 9.99. The number of aryl methyl sites for hydroxylation is 4. The van der Waals surface area contributed by atoms with Gasteiger partial charge >= 0.3 is 0 Å². The van der Waals surface area contributed by atoms with E-state index in [4.69, 9.17) is 0 Å². The number of anilines is 12. The van der Waals surface area contributed by atoms with Crippen molar-refractivity contribution >= 4 is 90.1 Å². The zero-order chi connectivity index (χ0) is 66.1. The molecule has 16 rings (SSSR count). The SMILES string of the molecule is Cc1ccc(N(c2ccc(N(c3ccccc3)c3ccccc3)cc2)c2ccc(-n3c(-c4ccccc4)c(C)c4cc(-c5ccc6c(c5)c(C)c(-c5ccccc5)n6-c5ccc(N(c6ccc(C)cc6)c6ccc(N(c7ccccc7)c7ccccc7)cc6)cc5)ccc43)cc2)cc1. The van der Waals surface area contributed by atoms with Gasteiger partial charge in [-0.15, -0.1) is 0 Å². The molecule has 0 N–H and O–H groups in total. The summed E-state index contributed by atoms with van der Waals surface area (Å²) in [6.07, 6.45) is 0. The molecule has 470 valence electrons. The molecule has 0 radical (unpaired) electrons. The van der Waals surface area contributed by atoms with Gasteiger partial charge in [-0.1, -0.05) is 181 Å². The molecule has 6 heteroatoms. The summed E-state index contributed by atoms with van der Waals surface area (Å²) in [6.45, 7) is 8.85. The molecule has 16 aromatic rings. The van der Waals surface area contributed by atoms with Gasteiger partial charge in [0.1, 0.15) is 0 Å². The lowest BCUT2D eigenvalue weighted by Gasteiger charge is -2.28. The molecule has 98 heavy (non-hydrogen) atoms. The van der Waals surface area contributed by atoms with E-state index in [1.807, 2.05) is 0 Å². The summed E-state index contributed by atoms with van der Waals surface area (Å²) in [5.41, 5.74) is 29.4. The molecule has 0 aliphatic carbocycles. The van der Waals surface area contributed by atoms with E-state index in [9.17, 15) is 0 Å². The molecule has 0 bridgehead atoms. The fourth-order valence-electron chi connectivity index (χ4n) is 14.2. The minimum atomic E-state index is 1.06. The van der Waals surface area contributed by atoms with Crippen LogP contribution in [-0.4, -0.2) is 9.13 Å². The van der Waals surface area contributed by atoms with Crippen LogP contribution in [0.25, 0.3) is 66.8 Å². The second kappa shape index (κ2) is 26.3. The lowest BCUT2D eigenvalue weighted by molar-refractivity contribution is 1.12. The van der Waals surface area contributed by atoms with Crippen molar-refractivity contribution in [3.05, 3.63) is 386 Å². The summed E-state index contributed by atoms with van der Waals surface area (Å²) in [6, 6.07) is 132. The fraction of sp³-hybridized carbons (Fsp3) is 0.0435. The number of hydrogen-bond acceptors (Lipinski definition) is 4. The summed E-state index contributed by atoms with van der Waals surface area (Å²) >= 11 is 0. The van der Waals surface area contributed by atoms with Gasteiger partial charge in [-0.25, -0.2) is 0 Å². The molecule has 0 aliphatic rings. The third-order valence-electron chi connectivity index (χ3n) is 19.0. The highest BCUT2D eigenvalue weighted by Crippen LogP contribution is 2.46. The third kappa shape index (κ3) is 11.5. The molecule has 0 saturated carbocycles. The molecule has 0 fully saturated rings. The average molecular weight is 1260 g/mol. The average Bonchev–Trinajstić information content (AvgIpc) is 1.58. The largest absolute Gasteiger partial charge is 0.311 e. The zero-order valence-corrected chi connectivity index (χ0v) is 55.3. The molecular weight excluding hydrogens is 1190 g/mol. The van der Waals surface area contributed by atoms with E-state index in [0.29, 0.717) is 0 Å². The predicted octanol–water partition coefficient (Wildman–Crippen LogP) is 25.7. The van der Waals surface area contributed by atoms with Gasteiger partial charge in [-0.3, -0.25) is 0 Å². The van der Waals surface area contributed by atoms with E-state index >= 15 is 0 Å². The van der Waals surface area contributed by atoms with Crippen molar-refractivity contribution in [2.75, 3.05) is 19.6 Å². The molecule has 2 heterocycles. The van der Waals surface area contributed by atoms with Crippen molar-refractivity contribution in [1.29, 1.82) is 0 Å². The normalized spacial score (nSPS) is 11.3. The van der Waals surface area contributed by atoms with Gasteiger partial charge < -0.3 is 28.7 Å². The van der Waals surface area contributed by atoms with E-state index in [1.165, 1.54) is 66.7 Å². The molecular formula is C92H72N6. The van der Waals surface area contributed by atoms with Gasteiger partial charge in [0.2, 0.25) is 0 Å². The highest BCUT2D eigenvalue weighted by atomic mass is 15.2. The second-order valence-corrected chi connectivity index (χ2v) is 25.2. The van der Waals surface area contributed by atoms with Crippen LogP contribution in [0, 0.1) is 27.7 Å². The first-order valence-electron chi connectivity index (χ1n) is 33.6.